The zero-order valence-electron chi connectivity index (χ0n) is 13.9. The number of benzene rings is 1. The van der Waals surface area contributed by atoms with Gasteiger partial charge < -0.3 is 4.42 Å². The van der Waals surface area contributed by atoms with Gasteiger partial charge in [0.2, 0.25) is 0 Å². The van der Waals surface area contributed by atoms with E-state index in [0.29, 0.717) is 17.5 Å². The van der Waals surface area contributed by atoms with Crippen LogP contribution in [0, 0.1) is 12.8 Å². The molecule has 0 radical (unpaired) electrons. The fourth-order valence-corrected chi connectivity index (χ4v) is 5.64. The molecule has 4 heterocycles. The normalized spacial score (nSPS) is 35.4. The monoisotopic (exact) mass is 295 g/mol. The molecule has 2 aromatic rings. The van der Waals surface area contributed by atoms with Gasteiger partial charge in [-0.05, 0) is 64.5 Å². The summed E-state index contributed by atoms with van der Waals surface area (Å²) in [5.74, 6) is 2.77. The maximum Gasteiger partial charge on any atom is 0.134 e. The van der Waals surface area contributed by atoms with Crippen LogP contribution in [0.4, 0.5) is 0 Å². The molecule has 3 fully saturated rings. The topological polar surface area (TPSA) is 16.4 Å². The van der Waals surface area contributed by atoms with E-state index in [1.54, 1.807) is 0 Å². The van der Waals surface area contributed by atoms with Gasteiger partial charge in [0.15, 0.2) is 0 Å². The standard InChI is InChI=1S/C20H25NO/c1-12-4-7-18-15(10-12)14-8-9-21-17-6-5-13(20(21,2)3)11-16(17)19(14)22-18/h4,7,10,13,16-17H,5-6,8-9,11H2,1-3H3. The molecule has 0 amide bonds. The first-order valence-electron chi connectivity index (χ1n) is 8.84. The average molecular weight is 295 g/mol. The van der Waals surface area contributed by atoms with E-state index in [2.05, 4.69) is 43.9 Å². The Kier molecular flexibility index (Phi) is 2.50. The lowest BCUT2D eigenvalue weighted by Gasteiger charge is -2.59. The number of furan rings is 1. The molecule has 1 aromatic carbocycles. The van der Waals surface area contributed by atoms with Crippen LogP contribution >= 0.6 is 0 Å². The van der Waals surface area contributed by atoms with Crippen LogP contribution in [-0.4, -0.2) is 23.0 Å². The largest absolute Gasteiger partial charge is 0.460 e. The lowest BCUT2D eigenvalue weighted by atomic mass is 9.63. The van der Waals surface area contributed by atoms with Gasteiger partial charge in [-0.25, -0.2) is 0 Å². The SMILES string of the molecule is Cc1ccc2oc3c(c2c1)CCN1C2CCC(CC32)C1(C)C. The molecule has 4 atom stereocenters. The van der Waals surface area contributed by atoms with Gasteiger partial charge in [-0.2, -0.15) is 0 Å². The van der Waals surface area contributed by atoms with Gasteiger partial charge in [0.1, 0.15) is 11.3 Å². The van der Waals surface area contributed by atoms with Crippen molar-refractivity contribution in [1.29, 1.82) is 0 Å². The van der Waals surface area contributed by atoms with Crippen LogP contribution in [0.1, 0.15) is 55.9 Å². The van der Waals surface area contributed by atoms with Crippen LogP contribution < -0.4 is 0 Å². The Morgan fingerprint density at radius 2 is 2.09 bits per heavy atom. The maximum atomic E-state index is 6.41. The van der Waals surface area contributed by atoms with Gasteiger partial charge in [-0.15, -0.1) is 0 Å². The number of hydrogen-bond acceptors (Lipinski definition) is 2. The minimum absolute atomic E-state index is 0.370. The third-order valence-corrected chi connectivity index (χ3v) is 6.87. The zero-order chi connectivity index (χ0) is 15.1. The van der Waals surface area contributed by atoms with Crippen LogP contribution in [-0.2, 0) is 6.42 Å². The molecule has 4 aliphatic rings. The number of fused-ring (bicyclic) bond motifs is 4. The van der Waals surface area contributed by atoms with Gasteiger partial charge in [0.25, 0.3) is 0 Å². The molecule has 2 saturated heterocycles. The van der Waals surface area contributed by atoms with E-state index in [0.717, 1.165) is 17.9 Å². The van der Waals surface area contributed by atoms with Crippen molar-refractivity contribution in [2.75, 3.05) is 6.54 Å². The summed E-state index contributed by atoms with van der Waals surface area (Å²) in [6.07, 6.45) is 5.22. The second-order valence-corrected chi connectivity index (χ2v) is 8.23. The predicted octanol–water partition coefficient (Wildman–Crippen LogP) is 4.64. The smallest absolute Gasteiger partial charge is 0.134 e. The van der Waals surface area contributed by atoms with Crippen LogP contribution in [0.3, 0.4) is 0 Å². The fourth-order valence-electron chi connectivity index (χ4n) is 5.64. The summed E-state index contributed by atoms with van der Waals surface area (Å²) in [6, 6.07) is 7.37. The molecule has 3 aliphatic heterocycles. The summed E-state index contributed by atoms with van der Waals surface area (Å²) in [7, 11) is 0. The van der Waals surface area contributed by atoms with Crippen molar-refractivity contribution in [3.05, 3.63) is 35.1 Å². The minimum Gasteiger partial charge on any atom is -0.460 e. The van der Waals surface area contributed by atoms with Crippen molar-refractivity contribution in [1.82, 2.24) is 4.90 Å². The number of nitrogens with zero attached hydrogens (tertiary/aromatic N) is 1. The van der Waals surface area contributed by atoms with Crippen molar-refractivity contribution in [3.63, 3.8) is 0 Å². The van der Waals surface area contributed by atoms with Crippen molar-refractivity contribution >= 4 is 11.0 Å². The van der Waals surface area contributed by atoms with Crippen molar-refractivity contribution in [3.8, 4) is 0 Å². The number of aryl methyl sites for hydroxylation is 1. The highest BCUT2D eigenvalue weighted by Gasteiger charge is 2.53. The van der Waals surface area contributed by atoms with Crippen LogP contribution in [0.15, 0.2) is 22.6 Å². The molecule has 4 unspecified atom stereocenters. The van der Waals surface area contributed by atoms with Crippen LogP contribution in [0.2, 0.25) is 0 Å². The predicted molar refractivity (Wildman–Crippen MR) is 89.3 cm³/mol. The Morgan fingerprint density at radius 1 is 1.23 bits per heavy atom. The third kappa shape index (κ3) is 1.54. The Balaban J connectivity index is 1.70. The molecule has 0 spiro atoms. The van der Waals surface area contributed by atoms with E-state index in [1.165, 1.54) is 48.1 Å². The molecule has 116 valence electrons. The fraction of sp³-hybridized carbons (Fsp3) is 0.600. The van der Waals surface area contributed by atoms with E-state index in [-0.39, 0.29) is 0 Å². The third-order valence-electron chi connectivity index (χ3n) is 6.87. The van der Waals surface area contributed by atoms with E-state index in [4.69, 9.17) is 4.42 Å². The highest BCUT2D eigenvalue weighted by atomic mass is 16.3. The van der Waals surface area contributed by atoms with E-state index in [1.807, 2.05) is 0 Å². The summed E-state index contributed by atoms with van der Waals surface area (Å²) in [4.78, 5) is 2.81. The van der Waals surface area contributed by atoms with Gasteiger partial charge >= 0.3 is 0 Å². The number of hydrogen-bond donors (Lipinski definition) is 0. The Morgan fingerprint density at radius 3 is 2.95 bits per heavy atom. The highest BCUT2D eigenvalue weighted by Crippen LogP contribution is 2.54. The summed E-state index contributed by atoms with van der Waals surface area (Å²) in [5, 5.41) is 1.37. The lowest BCUT2D eigenvalue weighted by Crippen LogP contribution is -2.63. The summed E-state index contributed by atoms with van der Waals surface area (Å²) in [6.45, 7) is 8.31. The molecule has 0 N–H and O–H groups in total. The molecular formula is C20H25NO. The van der Waals surface area contributed by atoms with E-state index < -0.39 is 0 Å². The molecule has 6 rings (SSSR count). The van der Waals surface area contributed by atoms with Gasteiger partial charge in [0.05, 0.1) is 0 Å². The Bertz CT molecular complexity index is 756. The number of rotatable bonds is 0. The van der Waals surface area contributed by atoms with Crippen molar-refractivity contribution in [2.45, 2.75) is 64.0 Å². The maximum absolute atomic E-state index is 6.41. The van der Waals surface area contributed by atoms with E-state index in [9.17, 15) is 0 Å². The molecule has 1 saturated carbocycles. The van der Waals surface area contributed by atoms with Crippen molar-refractivity contribution in [2.24, 2.45) is 5.92 Å². The molecule has 4 bridgehead atoms. The summed E-state index contributed by atoms with van der Waals surface area (Å²) < 4.78 is 6.41. The molecule has 1 aliphatic carbocycles. The quantitative estimate of drug-likeness (QED) is 0.704. The number of piperidine rings is 2. The lowest BCUT2D eigenvalue weighted by molar-refractivity contribution is -0.0780. The van der Waals surface area contributed by atoms with Crippen LogP contribution in [0.5, 0.6) is 0 Å². The first-order valence-corrected chi connectivity index (χ1v) is 8.84. The summed E-state index contributed by atoms with van der Waals surface area (Å²) in [5.41, 5.74) is 4.32. The second-order valence-electron chi connectivity index (χ2n) is 8.23. The van der Waals surface area contributed by atoms with E-state index >= 15 is 0 Å². The van der Waals surface area contributed by atoms with Crippen molar-refractivity contribution < 1.29 is 4.42 Å². The molecular weight excluding hydrogens is 270 g/mol. The van der Waals surface area contributed by atoms with Gasteiger partial charge in [-0.3, -0.25) is 4.90 Å². The molecule has 22 heavy (non-hydrogen) atoms. The van der Waals surface area contributed by atoms with Gasteiger partial charge in [-0.1, -0.05) is 11.6 Å². The molecule has 2 nitrogen and oxygen atoms in total. The second kappa shape index (κ2) is 4.17. The molecule has 2 heteroatoms. The Labute approximate surface area is 132 Å². The Hall–Kier alpha value is -1.28. The molecule has 1 aromatic heterocycles. The van der Waals surface area contributed by atoms with Crippen LogP contribution in [0.25, 0.3) is 11.0 Å². The average Bonchev–Trinajstić information content (AvgIpc) is 2.77. The first kappa shape index (κ1) is 13.2. The minimum atomic E-state index is 0.370. The van der Waals surface area contributed by atoms with Gasteiger partial charge in [0, 0.05) is 35.0 Å². The first-order chi connectivity index (χ1) is 10.6. The zero-order valence-corrected chi connectivity index (χ0v) is 13.9. The highest BCUT2D eigenvalue weighted by molar-refractivity contribution is 5.83. The summed E-state index contributed by atoms with van der Waals surface area (Å²) >= 11 is 0.